The fourth-order valence-corrected chi connectivity index (χ4v) is 2.36. The van der Waals surface area contributed by atoms with E-state index < -0.39 is 10.0 Å². The van der Waals surface area contributed by atoms with E-state index in [0.717, 1.165) is 10.6 Å². The van der Waals surface area contributed by atoms with Gasteiger partial charge in [0.05, 0.1) is 12.0 Å². The molecule has 2 N–H and O–H groups in total. The number of benzene rings is 1. The molecule has 0 radical (unpaired) electrons. The van der Waals surface area contributed by atoms with E-state index in [1.807, 2.05) is 13.8 Å². The van der Waals surface area contributed by atoms with E-state index in [4.69, 9.17) is 5.73 Å². The van der Waals surface area contributed by atoms with E-state index in [-0.39, 0.29) is 17.6 Å². The van der Waals surface area contributed by atoms with Crippen LogP contribution in [0.4, 0.5) is 4.39 Å². The Hall–Kier alpha value is -2.15. The lowest BCUT2D eigenvalue weighted by Crippen LogP contribution is -2.24. The number of sulfonamides is 1. The third kappa shape index (κ3) is 4.92. The zero-order valence-corrected chi connectivity index (χ0v) is 15.5. The highest BCUT2D eigenvalue weighted by Gasteiger charge is 2.17. The van der Waals surface area contributed by atoms with Crippen molar-refractivity contribution in [1.82, 2.24) is 4.31 Å². The van der Waals surface area contributed by atoms with Crippen LogP contribution in [0.15, 0.2) is 52.9 Å². The Morgan fingerprint density at radius 2 is 1.79 bits per heavy atom. The van der Waals surface area contributed by atoms with Crippen LogP contribution < -0.4 is 5.73 Å². The predicted molar refractivity (Wildman–Crippen MR) is 96.4 cm³/mol. The van der Waals surface area contributed by atoms with Gasteiger partial charge in [0.15, 0.2) is 0 Å². The summed E-state index contributed by atoms with van der Waals surface area (Å²) in [6.07, 6.45) is 1.07. The molecule has 0 unspecified atom stereocenters. The molecule has 0 saturated heterocycles. The largest absolute Gasteiger partial charge is 0.402 e. The van der Waals surface area contributed by atoms with Crippen LogP contribution in [0.25, 0.3) is 0 Å². The molecule has 0 aliphatic heterocycles. The van der Waals surface area contributed by atoms with E-state index in [1.54, 1.807) is 19.1 Å². The summed E-state index contributed by atoms with van der Waals surface area (Å²) in [5, 5.41) is 0. The fraction of sp³-hybridized carbons (Fsp3) is 0.353. The van der Waals surface area contributed by atoms with Gasteiger partial charge in [-0.15, -0.1) is 0 Å². The van der Waals surface area contributed by atoms with Crippen LogP contribution in [0.5, 0.6) is 0 Å². The zero-order chi connectivity index (χ0) is 18.7. The van der Waals surface area contributed by atoms with Crippen LogP contribution in [-0.2, 0) is 10.0 Å². The van der Waals surface area contributed by atoms with Gasteiger partial charge in [-0.2, -0.15) is 0 Å². The minimum absolute atomic E-state index is 0.0488. The first-order valence-corrected chi connectivity index (χ1v) is 9.24. The van der Waals surface area contributed by atoms with Gasteiger partial charge < -0.3 is 5.73 Å². The summed E-state index contributed by atoms with van der Waals surface area (Å²) in [5.74, 6) is -0.243. The van der Waals surface area contributed by atoms with Gasteiger partial charge in [-0.05, 0) is 42.7 Å². The zero-order valence-electron chi connectivity index (χ0n) is 14.7. The minimum atomic E-state index is -3.48. The Balaban J connectivity index is 3.50. The summed E-state index contributed by atoms with van der Waals surface area (Å²) in [4.78, 5) is 4.35. The number of allylic oxidation sites excluding steroid dienone is 2. The Kier molecular flexibility index (Phi) is 6.31. The van der Waals surface area contributed by atoms with Crippen molar-refractivity contribution < 1.29 is 12.8 Å². The van der Waals surface area contributed by atoms with Crippen LogP contribution in [0.2, 0.25) is 0 Å². The summed E-state index contributed by atoms with van der Waals surface area (Å²) < 4.78 is 37.5. The van der Waals surface area contributed by atoms with E-state index in [1.165, 1.54) is 19.2 Å². The quantitative estimate of drug-likeness (QED) is 0.799. The molecule has 0 aliphatic carbocycles. The molecule has 1 aromatic rings. The monoisotopic (exact) mass is 353 g/mol. The molecule has 0 atom stereocenters. The molecule has 1 aromatic carbocycles. The molecule has 132 valence electrons. The van der Waals surface area contributed by atoms with Gasteiger partial charge in [-0.1, -0.05) is 20.4 Å². The topological polar surface area (TPSA) is 75.8 Å². The second-order valence-corrected chi connectivity index (χ2v) is 7.86. The van der Waals surface area contributed by atoms with Gasteiger partial charge in [0.25, 0.3) is 0 Å². The molecule has 0 heterocycles. The standard InChI is InChI=1S/C17H24FN3O2S/c1-11(2)16(19)12(3)17(14-7-9-15(18)10-8-14)20-13(4)21(5)24(6,22)23/h7-11H,4,19H2,1-3,5-6H3/b16-12-,20-17?. The fourth-order valence-electron chi connectivity index (χ4n) is 1.93. The first-order valence-electron chi connectivity index (χ1n) is 7.39. The van der Waals surface area contributed by atoms with Crippen LogP contribution in [0.3, 0.4) is 0 Å². The summed E-state index contributed by atoms with van der Waals surface area (Å²) in [5.41, 5.74) is 8.53. The molecular weight excluding hydrogens is 329 g/mol. The van der Waals surface area contributed by atoms with Gasteiger partial charge in [0, 0.05) is 18.3 Å². The lowest BCUT2D eigenvalue weighted by molar-refractivity contribution is 0.529. The molecule has 7 heteroatoms. The first-order chi connectivity index (χ1) is 10.9. The van der Waals surface area contributed by atoms with Crippen molar-refractivity contribution in [3.63, 3.8) is 0 Å². The lowest BCUT2D eigenvalue weighted by Gasteiger charge is -2.19. The molecule has 0 amide bonds. The maximum Gasteiger partial charge on any atom is 0.233 e. The molecule has 0 aliphatic rings. The summed E-state index contributed by atoms with van der Waals surface area (Å²) in [7, 11) is -2.11. The number of hydrogen-bond acceptors (Lipinski definition) is 4. The van der Waals surface area contributed by atoms with Gasteiger partial charge in [-0.25, -0.2) is 17.8 Å². The molecule has 0 spiro atoms. The smallest absolute Gasteiger partial charge is 0.233 e. The van der Waals surface area contributed by atoms with Gasteiger partial charge in [-0.3, -0.25) is 4.31 Å². The molecule has 5 nitrogen and oxygen atoms in total. The van der Waals surface area contributed by atoms with Crippen LogP contribution in [-0.4, -0.2) is 31.7 Å². The molecule has 0 bridgehead atoms. The Bertz CT molecular complexity index is 779. The lowest BCUT2D eigenvalue weighted by atomic mass is 9.97. The maximum atomic E-state index is 13.2. The number of halogens is 1. The first kappa shape index (κ1) is 19.9. The molecule has 0 saturated carbocycles. The summed E-state index contributed by atoms with van der Waals surface area (Å²) >= 11 is 0. The molecular formula is C17H24FN3O2S. The molecule has 24 heavy (non-hydrogen) atoms. The van der Waals surface area contributed by atoms with Gasteiger partial charge >= 0.3 is 0 Å². The number of nitrogens with zero attached hydrogens (tertiary/aromatic N) is 2. The van der Waals surface area contributed by atoms with Gasteiger partial charge in [0.2, 0.25) is 10.0 Å². The average Bonchev–Trinajstić information content (AvgIpc) is 2.50. The van der Waals surface area contributed by atoms with Crippen molar-refractivity contribution in [2.45, 2.75) is 20.8 Å². The second kappa shape index (κ2) is 7.61. The SMILES string of the molecule is C=C(N=C(/C(C)=C(\N)C(C)C)c1ccc(F)cc1)N(C)S(C)(=O)=O. The van der Waals surface area contributed by atoms with Crippen molar-refractivity contribution in [2.24, 2.45) is 16.6 Å². The predicted octanol–water partition coefficient (Wildman–Crippen LogP) is 2.87. The van der Waals surface area contributed by atoms with E-state index in [2.05, 4.69) is 11.6 Å². The van der Waals surface area contributed by atoms with E-state index in [0.29, 0.717) is 22.5 Å². The molecule has 0 fully saturated rings. The summed E-state index contributed by atoms with van der Waals surface area (Å²) in [6, 6.07) is 5.76. The molecule has 0 aromatic heterocycles. The van der Waals surface area contributed by atoms with Crippen LogP contribution in [0, 0.1) is 11.7 Å². The average molecular weight is 353 g/mol. The van der Waals surface area contributed by atoms with E-state index >= 15 is 0 Å². The Morgan fingerprint density at radius 3 is 2.21 bits per heavy atom. The number of hydrogen-bond donors (Lipinski definition) is 1. The van der Waals surface area contributed by atoms with Gasteiger partial charge in [0.1, 0.15) is 11.6 Å². The Morgan fingerprint density at radius 1 is 1.29 bits per heavy atom. The number of aliphatic imine (C=N–C) groups is 1. The number of nitrogens with two attached hydrogens (primary N) is 1. The highest BCUT2D eigenvalue weighted by Crippen LogP contribution is 2.19. The van der Waals surface area contributed by atoms with Crippen LogP contribution in [0.1, 0.15) is 26.3 Å². The van der Waals surface area contributed by atoms with Crippen molar-refractivity contribution in [3.05, 3.63) is 59.3 Å². The third-order valence-corrected chi connectivity index (χ3v) is 4.84. The van der Waals surface area contributed by atoms with Crippen molar-refractivity contribution in [3.8, 4) is 0 Å². The van der Waals surface area contributed by atoms with Crippen molar-refractivity contribution in [1.29, 1.82) is 0 Å². The molecule has 1 rings (SSSR count). The highest BCUT2D eigenvalue weighted by atomic mass is 32.2. The summed E-state index contributed by atoms with van der Waals surface area (Å²) in [6.45, 7) is 9.40. The minimum Gasteiger partial charge on any atom is -0.402 e. The Labute approximate surface area is 143 Å². The third-order valence-electron chi connectivity index (χ3n) is 3.63. The highest BCUT2D eigenvalue weighted by molar-refractivity contribution is 7.88. The van der Waals surface area contributed by atoms with Crippen LogP contribution >= 0.6 is 0 Å². The van der Waals surface area contributed by atoms with Crippen molar-refractivity contribution in [2.75, 3.05) is 13.3 Å². The normalized spacial score (nSPS) is 13.7. The van der Waals surface area contributed by atoms with E-state index in [9.17, 15) is 12.8 Å². The number of rotatable bonds is 6. The second-order valence-electron chi connectivity index (χ2n) is 5.85. The maximum absolute atomic E-state index is 13.2. The van der Waals surface area contributed by atoms with Crippen molar-refractivity contribution >= 4 is 15.7 Å².